The highest BCUT2D eigenvalue weighted by atomic mass is 19.1. The number of hydrogen-bond acceptors (Lipinski definition) is 6. The molecule has 1 aliphatic rings. The zero-order chi connectivity index (χ0) is 19.6. The third kappa shape index (κ3) is 6.61. The molecule has 7 nitrogen and oxygen atoms in total. The van der Waals surface area contributed by atoms with Crippen molar-refractivity contribution in [3.05, 3.63) is 59.9 Å². The van der Waals surface area contributed by atoms with Crippen LogP contribution in [0.15, 0.2) is 48.5 Å². The van der Waals surface area contributed by atoms with Crippen molar-refractivity contribution in [3.63, 3.8) is 0 Å². The van der Waals surface area contributed by atoms with Crippen molar-refractivity contribution in [1.29, 1.82) is 0 Å². The van der Waals surface area contributed by atoms with E-state index in [1.54, 1.807) is 30.3 Å². The zero-order valence-electron chi connectivity index (χ0n) is 14.9. The summed E-state index contributed by atoms with van der Waals surface area (Å²) < 4.78 is 13.3. The molecule has 6 N–H and O–H groups in total. The maximum absolute atomic E-state index is 13.3. The van der Waals surface area contributed by atoms with Crippen LogP contribution in [0.4, 0.5) is 15.8 Å². The van der Waals surface area contributed by atoms with Gasteiger partial charge in [-0.2, -0.15) is 0 Å². The van der Waals surface area contributed by atoms with E-state index >= 15 is 0 Å². The molecule has 27 heavy (non-hydrogen) atoms. The number of nitrogens with zero attached hydrogens (tertiary/aromatic N) is 1. The standard InChI is InChI=1S/C12H17FN4O.C7H8O2/c13-9-1-2-11(17-5-3-15-4-6-17)10(7-9)16-12(18)8-14;8-7(9)6-4-2-1-3-5-6/h1-2,7,15H,3-6,8,14H2,(H,16,18);1-5,7-9H. The van der Waals surface area contributed by atoms with Gasteiger partial charge in [-0.3, -0.25) is 4.79 Å². The Morgan fingerprint density at radius 2 is 1.85 bits per heavy atom. The molecule has 8 heteroatoms. The number of hydrogen-bond donors (Lipinski definition) is 5. The average molecular weight is 376 g/mol. The normalized spacial score (nSPS) is 13.7. The molecule has 1 fully saturated rings. The molecule has 1 saturated heterocycles. The molecule has 146 valence electrons. The van der Waals surface area contributed by atoms with Gasteiger partial charge in [-0.1, -0.05) is 30.3 Å². The molecule has 0 saturated carbocycles. The molecule has 0 radical (unpaired) electrons. The monoisotopic (exact) mass is 376 g/mol. The Bertz CT molecular complexity index is 722. The van der Waals surface area contributed by atoms with Crippen LogP contribution in [0, 0.1) is 5.82 Å². The number of amides is 1. The van der Waals surface area contributed by atoms with Crippen LogP contribution < -0.4 is 21.3 Å². The molecule has 0 aliphatic carbocycles. The second kappa shape index (κ2) is 10.6. The molecule has 0 spiro atoms. The average Bonchev–Trinajstić information content (AvgIpc) is 2.70. The minimum atomic E-state index is -1.34. The maximum atomic E-state index is 13.3. The Morgan fingerprint density at radius 3 is 2.41 bits per heavy atom. The number of carbonyl (C=O) groups excluding carboxylic acids is 1. The molecular weight excluding hydrogens is 351 g/mol. The van der Waals surface area contributed by atoms with Gasteiger partial charge in [0.25, 0.3) is 0 Å². The number of rotatable bonds is 4. The first-order valence-corrected chi connectivity index (χ1v) is 8.67. The number of piperazine rings is 1. The summed E-state index contributed by atoms with van der Waals surface area (Å²) in [5.74, 6) is -0.696. The molecule has 0 bridgehead atoms. The van der Waals surface area contributed by atoms with Crippen LogP contribution in [0.3, 0.4) is 0 Å². The Morgan fingerprint density at radius 1 is 1.19 bits per heavy atom. The molecule has 3 rings (SSSR count). The lowest BCUT2D eigenvalue weighted by Gasteiger charge is -2.31. The van der Waals surface area contributed by atoms with E-state index in [9.17, 15) is 9.18 Å². The van der Waals surface area contributed by atoms with E-state index in [0.717, 1.165) is 31.9 Å². The van der Waals surface area contributed by atoms with Gasteiger partial charge >= 0.3 is 0 Å². The summed E-state index contributed by atoms with van der Waals surface area (Å²) in [5.41, 5.74) is 7.09. The fourth-order valence-corrected chi connectivity index (χ4v) is 2.62. The molecule has 1 amide bonds. The first kappa shape index (κ1) is 20.8. The fourth-order valence-electron chi connectivity index (χ4n) is 2.62. The highest BCUT2D eigenvalue weighted by Crippen LogP contribution is 2.27. The number of anilines is 2. The van der Waals surface area contributed by atoms with Crippen LogP contribution in [0.1, 0.15) is 11.9 Å². The largest absolute Gasteiger partial charge is 0.367 e. The van der Waals surface area contributed by atoms with E-state index in [0.29, 0.717) is 11.3 Å². The van der Waals surface area contributed by atoms with Gasteiger partial charge in [-0.25, -0.2) is 4.39 Å². The molecule has 2 aromatic carbocycles. The number of benzene rings is 2. The van der Waals surface area contributed by atoms with E-state index in [1.807, 2.05) is 6.07 Å². The van der Waals surface area contributed by atoms with Gasteiger partial charge in [0.15, 0.2) is 6.29 Å². The number of nitrogens with two attached hydrogens (primary N) is 1. The van der Waals surface area contributed by atoms with Gasteiger partial charge in [0.1, 0.15) is 5.82 Å². The SMILES string of the molecule is NCC(=O)Nc1cc(F)ccc1N1CCNCC1.OC(O)c1ccccc1. The minimum Gasteiger partial charge on any atom is -0.367 e. The van der Waals surface area contributed by atoms with Crippen LogP contribution in [-0.2, 0) is 4.79 Å². The van der Waals surface area contributed by atoms with E-state index in [2.05, 4.69) is 15.5 Å². The Kier molecular flexibility index (Phi) is 8.15. The fraction of sp³-hybridized carbons (Fsp3) is 0.316. The zero-order valence-corrected chi connectivity index (χ0v) is 14.9. The van der Waals surface area contributed by atoms with Gasteiger partial charge in [0.05, 0.1) is 17.9 Å². The van der Waals surface area contributed by atoms with E-state index in [-0.39, 0.29) is 18.3 Å². The van der Waals surface area contributed by atoms with Crippen LogP contribution in [-0.4, -0.2) is 48.8 Å². The first-order chi connectivity index (χ1) is 13.0. The lowest BCUT2D eigenvalue weighted by molar-refractivity contribution is -0.114. The molecule has 0 unspecified atom stereocenters. The quantitative estimate of drug-likeness (QED) is 0.505. The van der Waals surface area contributed by atoms with Crippen LogP contribution in [0.25, 0.3) is 0 Å². The second-order valence-corrected chi connectivity index (χ2v) is 5.94. The summed E-state index contributed by atoms with van der Waals surface area (Å²) in [4.78, 5) is 13.5. The van der Waals surface area contributed by atoms with Crippen molar-refractivity contribution in [2.75, 3.05) is 42.9 Å². The van der Waals surface area contributed by atoms with Crippen molar-refractivity contribution in [1.82, 2.24) is 5.32 Å². The summed E-state index contributed by atoms with van der Waals surface area (Å²) >= 11 is 0. The van der Waals surface area contributed by atoms with Crippen LogP contribution in [0.2, 0.25) is 0 Å². The lowest BCUT2D eigenvalue weighted by atomic mass is 10.2. The molecular formula is C19H25FN4O3. The van der Waals surface area contributed by atoms with Crippen LogP contribution >= 0.6 is 0 Å². The number of aliphatic hydroxyl groups is 2. The van der Waals surface area contributed by atoms with Crippen molar-refractivity contribution >= 4 is 17.3 Å². The van der Waals surface area contributed by atoms with E-state index < -0.39 is 6.29 Å². The number of aliphatic hydroxyl groups excluding tert-OH is 1. The van der Waals surface area contributed by atoms with Crippen molar-refractivity contribution in [2.45, 2.75) is 6.29 Å². The van der Waals surface area contributed by atoms with Crippen LogP contribution in [0.5, 0.6) is 0 Å². The van der Waals surface area contributed by atoms with Gasteiger partial charge in [-0.05, 0) is 18.2 Å². The number of halogens is 1. The smallest absolute Gasteiger partial charge is 0.238 e. The highest BCUT2D eigenvalue weighted by Gasteiger charge is 2.15. The summed E-state index contributed by atoms with van der Waals surface area (Å²) in [5, 5.41) is 23.0. The minimum absolute atomic E-state index is 0.114. The number of nitrogens with one attached hydrogen (secondary N) is 2. The van der Waals surface area contributed by atoms with Gasteiger partial charge in [-0.15, -0.1) is 0 Å². The Hall–Kier alpha value is -2.52. The maximum Gasteiger partial charge on any atom is 0.238 e. The summed E-state index contributed by atoms with van der Waals surface area (Å²) in [6, 6.07) is 13.1. The first-order valence-electron chi connectivity index (χ1n) is 8.67. The van der Waals surface area contributed by atoms with Crippen molar-refractivity contribution in [3.8, 4) is 0 Å². The third-order valence-corrected chi connectivity index (χ3v) is 3.97. The Labute approximate surface area is 157 Å². The van der Waals surface area contributed by atoms with Gasteiger partial charge in [0.2, 0.25) is 5.91 Å². The highest BCUT2D eigenvalue weighted by molar-refractivity contribution is 5.95. The topological polar surface area (TPSA) is 111 Å². The van der Waals surface area contributed by atoms with E-state index in [1.165, 1.54) is 12.1 Å². The van der Waals surface area contributed by atoms with Gasteiger partial charge < -0.3 is 31.5 Å². The molecule has 0 aromatic heterocycles. The summed E-state index contributed by atoms with van der Waals surface area (Å²) in [6.07, 6.45) is -1.34. The van der Waals surface area contributed by atoms with Crippen molar-refractivity contribution < 1.29 is 19.4 Å². The number of carbonyl (C=O) groups is 1. The predicted octanol–water partition coefficient (Wildman–Crippen LogP) is 0.802. The molecule has 1 heterocycles. The molecule has 1 aliphatic heterocycles. The second-order valence-electron chi connectivity index (χ2n) is 5.94. The molecule has 2 aromatic rings. The van der Waals surface area contributed by atoms with E-state index in [4.69, 9.17) is 15.9 Å². The molecule has 0 atom stereocenters. The van der Waals surface area contributed by atoms with Gasteiger partial charge in [0, 0.05) is 31.7 Å². The Balaban J connectivity index is 0.000000244. The predicted molar refractivity (Wildman–Crippen MR) is 103 cm³/mol. The van der Waals surface area contributed by atoms with Crippen molar-refractivity contribution in [2.24, 2.45) is 5.73 Å². The summed E-state index contributed by atoms with van der Waals surface area (Å²) in [6.45, 7) is 3.30. The third-order valence-electron chi connectivity index (χ3n) is 3.97. The summed E-state index contributed by atoms with van der Waals surface area (Å²) in [7, 11) is 0. The lowest BCUT2D eigenvalue weighted by Crippen LogP contribution is -2.43.